The van der Waals surface area contributed by atoms with Crippen molar-refractivity contribution in [1.82, 2.24) is 0 Å². The van der Waals surface area contributed by atoms with Crippen LogP contribution in [0.5, 0.6) is 0 Å². The zero-order valence-electron chi connectivity index (χ0n) is 11.6. The number of rotatable bonds is 5. The molecular formula is C14H23N3O. The number of hydrogen-bond donors (Lipinski definition) is 2. The van der Waals surface area contributed by atoms with Gasteiger partial charge in [0, 0.05) is 24.8 Å². The van der Waals surface area contributed by atoms with Gasteiger partial charge < -0.3 is 15.8 Å². The average molecular weight is 249 g/mol. The van der Waals surface area contributed by atoms with E-state index in [0.717, 1.165) is 29.8 Å². The van der Waals surface area contributed by atoms with E-state index in [1.54, 1.807) is 0 Å². The minimum absolute atomic E-state index is 0.154. The lowest BCUT2D eigenvalue weighted by molar-refractivity contribution is 0.318. The van der Waals surface area contributed by atoms with Crippen molar-refractivity contribution in [2.45, 2.75) is 27.2 Å². The standard InChI is InChI=1S/C14H23N3O/c1-5-10(2)9-17(4)13-8-11(3)6-7-12(13)14(15)16-18/h6-8,10,18H,5,9H2,1-4H3,(H2,15,16). The number of oxime groups is 1. The van der Waals surface area contributed by atoms with E-state index in [4.69, 9.17) is 10.9 Å². The molecule has 1 aromatic rings. The molecule has 18 heavy (non-hydrogen) atoms. The first-order valence-corrected chi connectivity index (χ1v) is 6.29. The molecule has 4 heteroatoms. The summed E-state index contributed by atoms with van der Waals surface area (Å²) in [5, 5.41) is 11.9. The minimum atomic E-state index is 0.154. The van der Waals surface area contributed by atoms with E-state index >= 15 is 0 Å². The number of amidine groups is 1. The van der Waals surface area contributed by atoms with E-state index in [-0.39, 0.29) is 5.84 Å². The molecule has 1 atom stereocenters. The van der Waals surface area contributed by atoms with Gasteiger partial charge in [0.05, 0.1) is 0 Å². The highest BCUT2D eigenvalue weighted by Gasteiger charge is 2.13. The maximum Gasteiger partial charge on any atom is 0.172 e. The van der Waals surface area contributed by atoms with Crippen LogP contribution in [0.3, 0.4) is 0 Å². The lowest BCUT2D eigenvalue weighted by Crippen LogP contribution is -2.27. The Hall–Kier alpha value is -1.71. The molecule has 0 fully saturated rings. The van der Waals surface area contributed by atoms with Crippen LogP contribution in [0, 0.1) is 12.8 Å². The fraction of sp³-hybridized carbons (Fsp3) is 0.500. The quantitative estimate of drug-likeness (QED) is 0.365. The zero-order valence-corrected chi connectivity index (χ0v) is 11.6. The van der Waals surface area contributed by atoms with Crippen LogP contribution >= 0.6 is 0 Å². The number of anilines is 1. The summed E-state index contributed by atoms with van der Waals surface area (Å²) in [5.41, 5.74) is 8.66. The molecule has 0 aromatic heterocycles. The van der Waals surface area contributed by atoms with Gasteiger partial charge in [-0.1, -0.05) is 31.5 Å². The minimum Gasteiger partial charge on any atom is -0.409 e. The second-order valence-electron chi connectivity index (χ2n) is 4.90. The van der Waals surface area contributed by atoms with Crippen molar-refractivity contribution in [3.63, 3.8) is 0 Å². The zero-order chi connectivity index (χ0) is 13.7. The summed E-state index contributed by atoms with van der Waals surface area (Å²) in [6.07, 6.45) is 1.13. The van der Waals surface area contributed by atoms with E-state index < -0.39 is 0 Å². The molecule has 0 bridgehead atoms. The van der Waals surface area contributed by atoms with Crippen LogP contribution in [-0.2, 0) is 0 Å². The van der Waals surface area contributed by atoms with Crippen molar-refractivity contribution < 1.29 is 5.21 Å². The van der Waals surface area contributed by atoms with Gasteiger partial charge in [0.25, 0.3) is 0 Å². The van der Waals surface area contributed by atoms with E-state index in [9.17, 15) is 0 Å². The molecule has 0 saturated heterocycles. The Morgan fingerprint density at radius 1 is 1.50 bits per heavy atom. The summed E-state index contributed by atoms with van der Waals surface area (Å²) in [6.45, 7) is 7.39. The molecule has 0 amide bonds. The van der Waals surface area contributed by atoms with Crippen LogP contribution < -0.4 is 10.6 Å². The van der Waals surface area contributed by atoms with E-state index in [1.165, 1.54) is 0 Å². The summed E-state index contributed by atoms with van der Waals surface area (Å²) in [7, 11) is 2.04. The Bertz CT molecular complexity index is 429. The van der Waals surface area contributed by atoms with Crippen molar-refractivity contribution >= 4 is 11.5 Å². The van der Waals surface area contributed by atoms with Crippen molar-refractivity contribution in [1.29, 1.82) is 0 Å². The first-order valence-electron chi connectivity index (χ1n) is 6.29. The number of aryl methyl sites for hydroxylation is 1. The first-order chi connectivity index (χ1) is 8.49. The third-order valence-electron chi connectivity index (χ3n) is 3.23. The van der Waals surface area contributed by atoms with Gasteiger partial charge in [-0.25, -0.2) is 0 Å². The third-order valence-corrected chi connectivity index (χ3v) is 3.23. The summed E-state index contributed by atoms with van der Waals surface area (Å²) in [4.78, 5) is 2.16. The summed E-state index contributed by atoms with van der Waals surface area (Å²) < 4.78 is 0. The largest absolute Gasteiger partial charge is 0.409 e. The monoisotopic (exact) mass is 249 g/mol. The molecule has 1 aromatic carbocycles. The predicted molar refractivity (Wildman–Crippen MR) is 76.4 cm³/mol. The van der Waals surface area contributed by atoms with Crippen LogP contribution in [0.4, 0.5) is 5.69 Å². The predicted octanol–water partition coefficient (Wildman–Crippen LogP) is 2.57. The Morgan fingerprint density at radius 3 is 2.72 bits per heavy atom. The lowest BCUT2D eigenvalue weighted by Gasteiger charge is -2.25. The van der Waals surface area contributed by atoms with E-state index in [2.05, 4.69) is 30.0 Å². The smallest absolute Gasteiger partial charge is 0.172 e. The maximum absolute atomic E-state index is 8.84. The second-order valence-corrected chi connectivity index (χ2v) is 4.90. The van der Waals surface area contributed by atoms with Crippen molar-refractivity contribution in [3.05, 3.63) is 29.3 Å². The van der Waals surface area contributed by atoms with Crippen LogP contribution in [0.25, 0.3) is 0 Å². The molecule has 1 unspecified atom stereocenters. The van der Waals surface area contributed by atoms with Gasteiger partial charge in [-0.15, -0.1) is 0 Å². The van der Waals surface area contributed by atoms with Gasteiger partial charge in [0.2, 0.25) is 0 Å². The summed E-state index contributed by atoms with van der Waals surface area (Å²) in [6, 6.07) is 5.93. The highest BCUT2D eigenvalue weighted by Crippen LogP contribution is 2.22. The molecule has 0 heterocycles. The van der Waals surface area contributed by atoms with Gasteiger partial charge in [-0.05, 0) is 30.5 Å². The van der Waals surface area contributed by atoms with Crippen LogP contribution in [0.1, 0.15) is 31.4 Å². The summed E-state index contributed by atoms with van der Waals surface area (Å²) >= 11 is 0. The molecule has 100 valence electrons. The van der Waals surface area contributed by atoms with Gasteiger partial charge >= 0.3 is 0 Å². The van der Waals surface area contributed by atoms with Gasteiger partial charge in [0.15, 0.2) is 5.84 Å². The topological polar surface area (TPSA) is 61.8 Å². The van der Waals surface area contributed by atoms with Crippen molar-refractivity contribution in [2.75, 3.05) is 18.5 Å². The Labute approximate surface area is 109 Å². The first kappa shape index (κ1) is 14.4. The number of nitrogens with zero attached hydrogens (tertiary/aromatic N) is 2. The fourth-order valence-corrected chi connectivity index (χ4v) is 1.92. The van der Waals surface area contributed by atoms with Gasteiger partial charge in [-0.3, -0.25) is 0 Å². The molecule has 0 aliphatic heterocycles. The Balaban J connectivity index is 3.08. The van der Waals surface area contributed by atoms with Crippen molar-refractivity contribution in [2.24, 2.45) is 16.8 Å². The molecule has 1 rings (SSSR count). The van der Waals surface area contributed by atoms with Crippen LogP contribution in [-0.4, -0.2) is 24.6 Å². The van der Waals surface area contributed by atoms with Crippen LogP contribution in [0.15, 0.2) is 23.4 Å². The number of hydrogen-bond acceptors (Lipinski definition) is 3. The number of nitrogens with two attached hydrogens (primary N) is 1. The maximum atomic E-state index is 8.84. The second kappa shape index (κ2) is 6.28. The molecule has 0 aliphatic carbocycles. The highest BCUT2D eigenvalue weighted by atomic mass is 16.4. The van der Waals surface area contributed by atoms with Crippen molar-refractivity contribution in [3.8, 4) is 0 Å². The molecule has 0 saturated carbocycles. The highest BCUT2D eigenvalue weighted by molar-refractivity contribution is 6.02. The normalized spacial score (nSPS) is 13.4. The molecule has 4 nitrogen and oxygen atoms in total. The summed E-state index contributed by atoms with van der Waals surface area (Å²) in [5.74, 6) is 0.761. The Morgan fingerprint density at radius 2 is 2.17 bits per heavy atom. The molecule has 3 N–H and O–H groups in total. The van der Waals surface area contributed by atoms with Crippen LogP contribution in [0.2, 0.25) is 0 Å². The molecule has 0 spiro atoms. The fourth-order valence-electron chi connectivity index (χ4n) is 1.92. The molecule has 0 aliphatic rings. The van der Waals surface area contributed by atoms with E-state index in [1.807, 2.05) is 26.1 Å². The van der Waals surface area contributed by atoms with Gasteiger partial charge in [0.1, 0.15) is 0 Å². The molecular weight excluding hydrogens is 226 g/mol. The SMILES string of the molecule is CCC(C)CN(C)c1cc(C)ccc1/C(N)=N/O. The van der Waals surface area contributed by atoms with Gasteiger partial charge in [-0.2, -0.15) is 0 Å². The lowest BCUT2D eigenvalue weighted by atomic mass is 10.1. The van der Waals surface area contributed by atoms with E-state index in [0.29, 0.717) is 5.92 Å². The molecule has 0 radical (unpaired) electrons. The average Bonchev–Trinajstić information content (AvgIpc) is 2.37. The Kier molecular flexibility index (Phi) is 5.01. The number of benzene rings is 1. The third kappa shape index (κ3) is 3.39.